The number of nitrogens with zero attached hydrogens (tertiary/aromatic N) is 3. The summed E-state index contributed by atoms with van der Waals surface area (Å²) in [6, 6.07) is 8.63. The zero-order chi connectivity index (χ0) is 20.4. The highest BCUT2D eigenvalue weighted by atomic mass is 35.5. The van der Waals surface area contributed by atoms with Gasteiger partial charge in [0.1, 0.15) is 5.82 Å². The molecule has 9 heteroatoms. The van der Waals surface area contributed by atoms with Crippen LogP contribution < -0.4 is 10.6 Å². The molecule has 0 radical (unpaired) electrons. The minimum Gasteiger partial charge on any atom is -0.344 e. The summed E-state index contributed by atoms with van der Waals surface area (Å²) in [5, 5.41) is 15.1. The number of thiophene rings is 1. The van der Waals surface area contributed by atoms with Crippen molar-refractivity contribution in [2.24, 2.45) is 0 Å². The summed E-state index contributed by atoms with van der Waals surface area (Å²) in [6.45, 7) is 3.06. The van der Waals surface area contributed by atoms with Gasteiger partial charge in [-0.05, 0) is 43.5 Å². The lowest BCUT2D eigenvalue weighted by atomic mass is 10.2. The molecule has 1 aromatic carbocycles. The van der Waals surface area contributed by atoms with E-state index >= 15 is 0 Å². The van der Waals surface area contributed by atoms with E-state index in [0.29, 0.717) is 27.0 Å². The Hall–Kier alpha value is -2.71. The van der Waals surface area contributed by atoms with Gasteiger partial charge >= 0.3 is 0 Å². The van der Waals surface area contributed by atoms with Gasteiger partial charge in [0.25, 0.3) is 11.8 Å². The molecule has 3 heterocycles. The summed E-state index contributed by atoms with van der Waals surface area (Å²) >= 11 is 7.31. The Kier molecular flexibility index (Phi) is 5.64. The lowest BCUT2D eigenvalue weighted by Crippen LogP contribution is -2.25. The van der Waals surface area contributed by atoms with Crippen LogP contribution in [0.4, 0.5) is 5.00 Å². The molecule has 0 unspecified atom stereocenters. The van der Waals surface area contributed by atoms with Crippen molar-refractivity contribution in [1.29, 1.82) is 0 Å². The Balaban J connectivity index is 1.42. The summed E-state index contributed by atoms with van der Waals surface area (Å²) < 4.78 is 2.08. The van der Waals surface area contributed by atoms with Crippen LogP contribution in [-0.4, -0.2) is 26.6 Å². The molecule has 150 valence electrons. The average Bonchev–Trinajstić information content (AvgIpc) is 3.29. The molecule has 29 heavy (non-hydrogen) atoms. The SMILES string of the molecule is Cc1cc(NC(=O)c2ccccc2Cl)sc1C(=O)NCc1nnc2n1CCCC2. The van der Waals surface area contributed by atoms with E-state index in [-0.39, 0.29) is 11.8 Å². The molecule has 0 atom stereocenters. The number of anilines is 1. The van der Waals surface area contributed by atoms with Gasteiger partial charge in [-0.3, -0.25) is 9.59 Å². The number of halogens is 1. The average molecular weight is 430 g/mol. The van der Waals surface area contributed by atoms with E-state index in [4.69, 9.17) is 11.6 Å². The van der Waals surface area contributed by atoms with Crippen molar-refractivity contribution in [2.75, 3.05) is 5.32 Å². The number of aryl methyl sites for hydroxylation is 2. The van der Waals surface area contributed by atoms with Crippen molar-refractivity contribution in [3.63, 3.8) is 0 Å². The van der Waals surface area contributed by atoms with Crippen LogP contribution in [0.25, 0.3) is 0 Å². The van der Waals surface area contributed by atoms with Crippen LogP contribution in [0.2, 0.25) is 5.02 Å². The van der Waals surface area contributed by atoms with Gasteiger partial charge in [-0.15, -0.1) is 21.5 Å². The number of benzene rings is 1. The van der Waals surface area contributed by atoms with Crippen LogP contribution in [0, 0.1) is 6.92 Å². The largest absolute Gasteiger partial charge is 0.344 e. The van der Waals surface area contributed by atoms with Crippen LogP contribution in [0.15, 0.2) is 30.3 Å². The van der Waals surface area contributed by atoms with Gasteiger partial charge in [0.15, 0.2) is 5.82 Å². The van der Waals surface area contributed by atoms with E-state index in [0.717, 1.165) is 43.0 Å². The molecule has 2 N–H and O–H groups in total. The third kappa shape index (κ3) is 4.18. The van der Waals surface area contributed by atoms with Crippen LogP contribution in [0.1, 0.15) is 50.1 Å². The summed E-state index contributed by atoms with van der Waals surface area (Å²) in [5.41, 5.74) is 1.19. The Bertz CT molecular complexity index is 1070. The van der Waals surface area contributed by atoms with E-state index in [1.165, 1.54) is 11.3 Å². The molecule has 4 rings (SSSR count). The number of hydrogen-bond donors (Lipinski definition) is 2. The van der Waals surface area contributed by atoms with E-state index in [2.05, 4.69) is 25.4 Å². The number of carbonyl (C=O) groups excluding carboxylic acids is 2. The Morgan fingerprint density at radius 1 is 1.21 bits per heavy atom. The first-order valence-electron chi connectivity index (χ1n) is 9.38. The first-order chi connectivity index (χ1) is 14.0. The highest BCUT2D eigenvalue weighted by molar-refractivity contribution is 7.18. The second-order valence-electron chi connectivity index (χ2n) is 6.88. The number of aromatic nitrogens is 3. The second kappa shape index (κ2) is 8.34. The topological polar surface area (TPSA) is 88.9 Å². The molecule has 0 saturated carbocycles. The van der Waals surface area contributed by atoms with Gasteiger partial charge in [0.05, 0.1) is 27.0 Å². The molecule has 1 aliphatic rings. The monoisotopic (exact) mass is 429 g/mol. The standard InChI is InChI=1S/C20H20ClN5O2S/c1-12-10-17(23-19(27)13-6-2-3-7-14(13)21)29-18(12)20(28)22-11-16-25-24-15-8-4-5-9-26(15)16/h2-3,6-7,10H,4-5,8-9,11H2,1H3,(H,22,28)(H,23,27). The van der Waals surface area contributed by atoms with Crippen molar-refractivity contribution >= 4 is 39.8 Å². The fourth-order valence-corrected chi connectivity index (χ4v) is 4.54. The van der Waals surface area contributed by atoms with E-state index in [9.17, 15) is 9.59 Å². The van der Waals surface area contributed by atoms with Crippen molar-refractivity contribution in [3.05, 3.63) is 63.0 Å². The first-order valence-corrected chi connectivity index (χ1v) is 10.6. The lowest BCUT2D eigenvalue weighted by Gasteiger charge is -2.14. The van der Waals surface area contributed by atoms with Crippen LogP contribution in [0.3, 0.4) is 0 Å². The van der Waals surface area contributed by atoms with E-state index < -0.39 is 0 Å². The molecular weight excluding hydrogens is 410 g/mol. The number of rotatable bonds is 5. The van der Waals surface area contributed by atoms with Crippen molar-refractivity contribution in [3.8, 4) is 0 Å². The van der Waals surface area contributed by atoms with Crippen molar-refractivity contribution in [2.45, 2.75) is 39.3 Å². The lowest BCUT2D eigenvalue weighted by molar-refractivity contribution is 0.0952. The van der Waals surface area contributed by atoms with E-state index in [1.807, 2.05) is 6.92 Å². The molecule has 0 fully saturated rings. The maximum atomic E-state index is 12.7. The predicted molar refractivity (Wildman–Crippen MR) is 113 cm³/mol. The van der Waals surface area contributed by atoms with E-state index in [1.54, 1.807) is 30.3 Å². The second-order valence-corrected chi connectivity index (χ2v) is 8.34. The zero-order valence-corrected chi connectivity index (χ0v) is 17.4. The first kappa shape index (κ1) is 19.6. The fourth-order valence-electron chi connectivity index (χ4n) is 3.33. The van der Waals surface area contributed by atoms with Crippen molar-refractivity contribution < 1.29 is 9.59 Å². The van der Waals surface area contributed by atoms with Gasteiger partial charge in [-0.2, -0.15) is 0 Å². The zero-order valence-electron chi connectivity index (χ0n) is 15.9. The fraction of sp³-hybridized carbons (Fsp3) is 0.300. The minimum absolute atomic E-state index is 0.195. The molecule has 1 aliphatic heterocycles. The summed E-state index contributed by atoms with van der Waals surface area (Å²) in [7, 11) is 0. The molecule has 0 spiro atoms. The van der Waals surface area contributed by atoms with Crippen LogP contribution >= 0.6 is 22.9 Å². The molecule has 0 aliphatic carbocycles. The predicted octanol–water partition coefficient (Wildman–Crippen LogP) is 3.82. The highest BCUT2D eigenvalue weighted by Gasteiger charge is 2.19. The van der Waals surface area contributed by atoms with Gasteiger partial charge in [-0.1, -0.05) is 23.7 Å². The third-order valence-corrected chi connectivity index (χ3v) is 6.30. The Morgan fingerprint density at radius 3 is 2.86 bits per heavy atom. The summed E-state index contributed by atoms with van der Waals surface area (Å²) in [4.78, 5) is 25.6. The number of carbonyl (C=O) groups is 2. The summed E-state index contributed by atoms with van der Waals surface area (Å²) in [6.07, 6.45) is 3.16. The van der Waals surface area contributed by atoms with Gasteiger partial charge in [0.2, 0.25) is 0 Å². The molecule has 7 nitrogen and oxygen atoms in total. The van der Waals surface area contributed by atoms with Crippen LogP contribution in [0.5, 0.6) is 0 Å². The quantitative estimate of drug-likeness (QED) is 0.645. The normalized spacial score (nSPS) is 13.0. The molecule has 3 aromatic rings. The van der Waals surface area contributed by atoms with Gasteiger partial charge in [0, 0.05) is 13.0 Å². The number of amides is 2. The van der Waals surface area contributed by atoms with Crippen molar-refractivity contribution in [1.82, 2.24) is 20.1 Å². The maximum absolute atomic E-state index is 12.7. The molecule has 2 aromatic heterocycles. The van der Waals surface area contributed by atoms with Crippen LogP contribution in [-0.2, 0) is 19.5 Å². The molecular formula is C20H20ClN5O2S. The smallest absolute Gasteiger partial charge is 0.262 e. The highest BCUT2D eigenvalue weighted by Crippen LogP contribution is 2.28. The number of hydrogen-bond acceptors (Lipinski definition) is 5. The number of fused-ring (bicyclic) bond motifs is 1. The minimum atomic E-state index is -0.307. The Labute approximate surface area is 177 Å². The van der Waals surface area contributed by atoms with Gasteiger partial charge < -0.3 is 15.2 Å². The maximum Gasteiger partial charge on any atom is 0.262 e. The number of nitrogens with one attached hydrogen (secondary N) is 2. The third-order valence-electron chi connectivity index (χ3n) is 4.82. The van der Waals surface area contributed by atoms with Gasteiger partial charge in [-0.25, -0.2) is 0 Å². The summed E-state index contributed by atoms with van der Waals surface area (Å²) in [5.74, 6) is 1.25. The molecule has 0 saturated heterocycles. The molecule has 0 bridgehead atoms. The molecule has 2 amide bonds. The Morgan fingerprint density at radius 2 is 2.03 bits per heavy atom.